The molecule has 1 aromatic heterocycles. The molecule has 0 aliphatic rings. The fourth-order valence-corrected chi connectivity index (χ4v) is 12.6. The molecule has 37 heteroatoms. The number of esters is 3. The van der Waals surface area contributed by atoms with E-state index < -0.39 is 82.0 Å². The number of carbonyl (C=O) groups excluding carboxylic acids is 10. The highest BCUT2D eigenvalue weighted by Crippen LogP contribution is 2.26. The van der Waals surface area contributed by atoms with Crippen molar-refractivity contribution in [3.05, 3.63) is 63.9 Å². The quantitative estimate of drug-likeness (QED) is 0.0113. The number of alkyl carbamates (subject to hydrolysis) is 1. The molecule has 2 aromatic carbocycles. The van der Waals surface area contributed by atoms with Gasteiger partial charge in [-0.25, -0.2) is 28.7 Å². The molecule has 8 N–H and O–H groups in total. The number of Topliss-reactive ketones (excluding diaryl/α,β-unsaturated/α-hetero) is 1. The summed E-state index contributed by atoms with van der Waals surface area (Å²) in [6.45, 7) is 35.9. The van der Waals surface area contributed by atoms with Crippen molar-refractivity contribution in [2.24, 2.45) is 11.3 Å². The molecule has 0 bridgehead atoms. The molecule has 0 saturated heterocycles. The van der Waals surface area contributed by atoms with E-state index in [0.717, 1.165) is 18.4 Å². The standard InChI is InChI=1S/C92H154IN11O25/c1-88(2,3)78(35-36-81(108)126-89(4,5)6)102-86(113)101-76(84(111)128-91(10,11)12)29-18-21-40-96-85(112)99-73-27-23-26-70(66-73)77-68-98-103-104(77)43-47-118-51-55-119-52-48-115-44-37-74(105)67-71(25-16-19-41-97-87(114)129-92(13,14)15)82(109)95-42-46-117-50-54-121-57-59-123-61-63-125-65-64-124-62-60-122-58-56-120-53-49-116-45-38-80(107)100-75(83(110)127-90(7,8)9)28-17-20-39-94-79(106)30-22-24-69-31-33-72(93)34-32-69/h23,26-27,31-34,66,68,71,75-76,78H,16-22,24-25,28-30,35-65,67H2,1-15H3,(H,94,106)(H,95,109)(H,97,114)(H,100,107)(H2,96,99,112)(H2,101,102,113)/t71-,75+,76+,78+/m1/s1. The summed E-state index contributed by atoms with van der Waals surface area (Å²) in [5, 5.41) is 31.2. The molecule has 0 radical (unpaired) electrons. The van der Waals surface area contributed by atoms with Gasteiger partial charge < -0.3 is 114 Å². The van der Waals surface area contributed by atoms with E-state index in [9.17, 15) is 47.9 Å². The summed E-state index contributed by atoms with van der Waals surface area (Å²) in [5.41, 5.74) is 0.00288. The lowest BCUT2D eigenvalue weighted by molar-refractivity contribution is -0.159. The molecule has 8 amide bonds. The fraction of sp³-hybridized carbons (Fsp3) is 0.739. The zero-order valence-electron chi connectivity index (χ0n) is 79.5. The highest BCUT2D eigenvalue weighted by atomic mass is 127. The van der Waals surface area contributed by atoms with Gasteiger partial charge in [-0.15, -0.1) is 5.10 Å². The van der Waals surface area contributed by atoms with Crippen LogP contribution in [0.5, 0.6) is 0 Å². The Kier molecular flexibility index (Phi) is 59.5. The predicted molar refractivity (Wildman–Crippen MR) is 495 cm³/mol. The Morgan fingerprint density at radius 3 is 1.39 bits per heavy atom. The van der Waals surface area contributed by atoms with E-state index in [1.807, 2.05) is 26.8 Å². The van der Waals surface area contributed by atoms with Crippen molar-refractivity contribution in [1.82, 2.24) is 52.2 Å². The van der Waals surface area contributed by atoms with Gasteiger partial charge in [0.05, 0.1) is 164 Å². The summed E-state index contributed by atoms with van der Waals surface area (Å²) in [5.74, 6) is -2.77. The molecular weight excluding hydrogens is 1790 g/mol. The SMILES string of the molecule is CC(C)(C)OC(=O)CC[C@H](NC(=O)N[C@@H](CCCCNC(=O)Nc1cccc(-c2cnnn2CCOCCOCCOCCC(=O)C[C@@H](CCCCNC(=O)OC(C)(C)C)C(=O)NCCOCCOCCOCCOCCOCCOCCOCCOCCC(=O)N[C@@H](CCCCNC(=O)CCCc2ccc(I)cc2)C(=O)OC(C)(C)C)c1)C(=O)OC(C)(C)C)C(C)(C)C. The van der Waals surface area contributed by atoms with Crippen molar-refractivity contribution in [3.8, 4) is 11.3 Å². The molecule has 1 heterocycles. The van der Waals surface area contributed by atoms with Crippen LogP contribution in [0.3, 0.4) is 0 Å². The molecule has 0 spiro atoms. The monoisotopic (exact) mass is 1940 g/mol. The van der Waals surface area contributed by atoms with Crippen molar-refractivity contribution in [1.29, 1.82) is 0 Å². The van der Waals surface area contributed by atoms with Crippen molar-refractivity contribution < 1.29 is 119 Å². The average molecular weight is 1940 g/mol. The number of hydrogen-bond donors (Lipinski definition) is 8. The number of anilines is 1. The molecule has 129 heavy (non-hydrogen) atoms. The van der Waals surface area contributed by atoms with Crippen molar-refractivity contribution in [2.75, 3.05) is 177 Å². The summed E-state index contributed by atoms with van der Waals surface area (Å²) >= 11 is 2.27. The first kappa shape index (κ1) is 115. The number of amides is 8. The largest absolute Gasteiger partial charge is 0.460 e. The normalized spacial score (nSPS) is 12.8. The number of nitrogens with one attached hydrogen (secondary N) is 8. The number of benzene rings is 2. The number of aromatic nitrogens is 3. The van der Waals surface area contributed by atoms with Crippen LogP contribution < -0.4 is 42.5 Å². The lowest BCUT2D eigenvalue weighted by Crippen LogP contribution is -2.53. The van der Waals surface area contributed by atoms with Gasteiger partial charge in [0.1, 0.15) is 40.3 Å². The van der Waals surface area contributed by atoms with Crippen LogP contribution >= 0.6 is 22.6 Å². The van der Waals surface area contributed by atoms with Gasteiger partial charge in [-0.05, 0) is 212 Å². The average Bonchev–Trinajstić information content (AvgIpc) is 1.72. The van der Waals surface area contributed by atoms with Gasteiger partial charge in [0.15, 0.2) is 0 Å². The van der Waals surface area contributed by atoms with Gasteiger partial charge in [0.2, 0.25) is 17.7 Å². The van der Waals surface area contributed by atoms with Crippen LogP contribution in [0.4, 0.5) is 20.1 Å². The highest BCUT2D eigenvalue weighted by Gasteiger charge is 2.33. The van der Waals surface area contributed by atoms with Crippen LogP contribution in [0.2, 0.25) is 0 Å². The Morgan fingerprint density at radius 2 is 0.876 bits per heavy atom. The maximum Gasteiger partial charge on any atom is 0.407 e. The molecule has 0 aliphatic heterocycles. The van der Waals surface area contributed by atoms with Crippen LogP contribution in [0, 0.1) is 14.9 Å². The van der Waals surface area contributed by atoms with Gasteiger partial charge >= 0.3 is 36.1 Å². The number of carbonyl (C=O) groups is 10. The van der Waals surface area contributed by atoms with E-state index >= 15 is 0 Å². The van der Waals surface area contributed by atoms with Crippen LogP contribution in [-0.4, -0.2) is 287 Å². The molecule has 0 aliphatic carbocycles. The van der Waals surface area contributed by atoms with Gasteiger partial charge in [-0.2, -0.15) is 0 Å². The van der Waals surface area contributed by atoms with Crippen molar-refractivity contribution >= 4 is 87.8 Å². The van der Waals surface area contributed by atoms with Crippen LogP contribution in [0.15, 0.2) is 54.7 Å². The Labute approximate surface area is 778 Å². The number of ether oxygens (including phenoxy) is 15. The minimum absolute atomic E-state index is 0.00610. The number of hydrogen-bond acceptors (Lipinski definition) is 27. The molecule has 0 fully saturated rings. The number of halogens is 1. The van der Waals surface area contributed by atoms with Crippen molar-refractivity contribution in [3.63, 3.8) is 0 Å². The second-order valence-corrected chi connectivity index (χ2v) is 37.2. The van der Waals surface area contributed by atoms with Gasteiger partial charge in [-0.3, -0.25) is 24.0 Å². The fourth-order valence-electron chi connectivity index (χ4n) is 12.2. The number of urea groups is 2. The summed E-state index contributed by atoms with van der Waals surface area (Å²) in [6, 6.07) is 12.3. The Morgan fingerprint density at radius 1 is 0.411 bits per heavy atom. The second kappa shape index (κ2) is 66.5. The summed E-state index contributed by atoms with van der Waals surface area (Å²) in [4.78, 5) is 129. The zero-order chi connectivity index (χ0) is 95.2. The van der Waals surface area contributed by atoms with Gasteiger partial charge in [-0.1, -0.05) is 56.7 Å². The topological polar surface area (TPSA) is 436 Å². The molecule has 4 atom stereocenters. The third kappa shape index (κ3) is 63.0. The van der Waals surface area contributed by atoms with E-state index in [2.05, 4.69) is 99.7 Å². The van der Waals surface area contributed by atoms with Crippen LogP contribution in [0.25, 0.3) is 11.3 Å². The molecule has 0 saturated carbocycles. The first-order valence-electron chi connectivity index (χ1n) is 45.4. The Balaban J connectivity index is 1.20. The number of rotatable bonds is 71. The first-order valence-corrected chi connectivity index (χ1v) is 46.5. The lowest BCUT2D eigenvalue weighted by Gasteiger charge is -2.32. The number of aryl methyl sites for hydroxylation is 1. The number of ketones is 1. The number of unbranched alkanes of at least 4 members (excludes halogenated alkanes) is 3. The Hall–Kier alpha value is -7.83. The summed E-state index contributed by atoms with van der Waals surface area (Å²) in [7, 11) is 0. The number of nitrogens with zero attached hydrogens (tertiary/aromatic N) is 3. The van der Waals surface area contributed by atoms with Crippen LogP contribution in [0.1, 0.15) is 212 Å². The predicted octanol–water partition coefficient (Wildman–Crippen LogP) is 10.9. The third-order valence-electron chi connectivity index (χ3n) is 18.5. The Bertz CT molecular complexity index is 3640. The minimum Gasteiger partial charge on any atom is -0.460 e. The van der Waals surface area contributed by atoms with E-state index in [1.54, 1.807) is 112 Å². The van der Waals surface area contributed by atoms with Gasteiger partial charge in [0.25, 0.3) is 0 Å². The van der Waals surface area contributed by atoms with Gasteiger partial charge in [0, 0.05) is 85.1 Å². The maximum absolute atomic E-state index is 13.4. The molecule has 3 rings (SSSR count). The molecular formula is C92H154IN11O25. The smallest absolute Gasteiger partial charge is 0.407 e. The summed E-state index contributed by atoms with van der Waals surface area (Å²) in [6.07, 6.45) is 8.21. The molecule has 734 valence electrons. The van der Waals surface area contributed by atoms with Crippen LogP contribution in [-0.2, 0) is 118 Å². The third-order valence-corrected chi connectivity index (χ3v) is 19.2. The molecule has 0 unspecified atom stereocenters. The maximum atomic E-state index is 13.4. The van der Waals surface area contributed by atoms with E-state index in [-0.39, 0.29) is 114 Å². The molecule has 3 aromatic rings. The lowest BCUT2D eigenvalue weighted by atomic mass is 9.84. The first-order chi connectivity index (χ1) is 61.2. The molecule has 36 nitrogen and oxygen atoms in total. The summed E-state index contributed by atoms with van der Waals surface area (Å²) < 4.78 is 86.9. The highest BCUT2D eigenvalue weighted by molar-refractivity contribution is 14.1. The zero-order valence-corrected chi connectivity index (χ0v) is 81.7. The van der Waals surface area contributed by atoms with E-state index in [0.29, 0.717) is 201 Å². The van der Waals surface area contributed by atoms with E-state index in [1.165, 1.54) is 9.13 Å². The van der Waals surface area contributed by atoms with E-state index in [4.69, 9.17) is 71.1 Å². The van der Waals surface area contributed by atoms with Crippen molar-refractivity contribution in [2.45, 2.75) is 260 Å². The second-order valence-electron chi connectivity index (χ2n) is 35.9. The minimum atomic E-state index is -0.967.